The number of hydrogen-bond donors (Lipinski definition) is 1. The van der Waals surface area contributed by atoms with E-state index in [-0.39, 0.29) is 17.9 Å². The Morgan fingerprint density at radius 1 is 1.03 bits per heavy atom. The maximum atomic E-state index is 13.4. The number of nitrogens with zero attached hydrogens (tertiary/aromatic N) is 2. The molecule has 166 valence electrons. The highest BCUT2D eigenvalue weighted by molar-refractivity contribution is 5.91. The van der Waals surface area contributed by atoms with Crippen LogP contribution in [0.4, 0.5) is 19.0 Å². The Balaban J connectivity index is 1.61. The highest BCUT2D eigenvalue weighted by atomic mass is 19.4. The van der Waals surface area contributed by atoms with E-state index in [0.29, 0.717) is 0 Å². The predicted octanol–water partition coefficient (Wildman–Crippen LogP) is 6.42. The lowest BCUT2D eigenvalue weighted by Crippen LogP contribution is -2.72. The van der Waals surface area contributed by atoms with Gasteiger partial charge in [0.2, 0.25) is 0 Å². The third-order valence-electron chi connectivity index (χ3n) is 6.47. The topological polar surface area (TPSA) is 57.9 Å². The number of alkyl halides is 3. The lowest BCUT2D eigenvalue weighted by molar-refractivity contribution is -0.148. The number of fused-ring (bicyclic) bond motifs is 1. The average molecular weight is 439 g/mol. The largest absolute Gasteiger partial charge is 0.489 e. The summed E-state index contributed by atoms with van der Waals surface area (Å²) in [6, 6.07) is 15.0. The lowest BCUT2D eigenvalue weighted by atomic mass is 9.49. The smallest absolute Gasteiger partial charge is 0.417 e. The molecule has 1 N–H and O–H groups in total. The van der Waals surface area contributed by atoms with Crippen molar-refractivity contribution < 1.29 is 17.9 Å². The Labute approximate surface area is 185 Å². The summed E-state index contributed by atoms with van der Waals surface area (Å²) >= 11 is 0. The van der Waals surface area contributed by atoms with Crippen molar-refractivity contribution in [2.75, 3.05) is 5.32 Å². The van der Waals surface area contributed by atoms with Gasteiger partial charge in [-0.1, -0.05) is 52.0 Å². The van der Waals surface area contributed by atoms with Crippen molar-refractivity contribution in [2.45, 2.75) is 46.0 Å². The molecule has 32 heavy (non-hydrogen) atoms. The van der Waals surface area contributed by atoms with Gasteiger partial charge in [0.05, 0.1) is 17.2 Å². The highest BCUT2D eigenvalue weighted by Crippen LogP contribution is 2.57. The quantitative estimate of drug-likeness (QED) is 0.510. The molecule has 1 aromatic heterocycles. The van der Waals surface area contributed by atoms with Crippen LogP contribution >= 0.6 is 0 Å². The molecule has 4 rings (SSSR count). The van der Waals surface area contributed by atoms with Gasteiger partial charge in [-0.2, -0.15) is 18.4 Å². The molecule has 0 saturated heterocycles. The summed E-state index contributed by atoms with van der Waals surface area (Å²) in [7, 11) is 0. The SMILES string of the molecule is CC1(C)C(Nc2nccc3ccccc23)C(C)(C)C1Oc1ccc(C#N)c(C(F)(F)F)c1. The van der Waals surface area contributed by atoms with E-state index in [9.17, 15) is 13.2 Å². The summed E-state index contributed by atoms with van der Waals surface area (Å²) in [5, 5.41) is 14.7. The number of rotatable bonds is 4. The van der Waals surface area contributed by atoms with Crippen LogP contribution in [0, 0.1) is 22.2 Å². The molecule has 1 aliphatic carbocycles. The number of benzene rings is 2. The van der Waals surface area contributed by atoms with E-state index < -0.39 is 28.1 Å². The zero-order valence-electron chi connectivity index (χ0n) is 18.3. The molecule has 1 fully saturated rings. The molecule has 0 aliphatic heterocycles. The maximum absolute atomic E-state index is 13.4. The van der Waals surface area contributed by atoms with E-state index in [4.69, 9.17) is 10.00 Å². The fourth-order valence-electron chi connectivity index (χ4n) is 5.24. The molecular weight excluding hydrogens is 415 g/mol. The first-order chi connectivity index (χ1) is 15.0. The fraction of sp³-hybridized carbons (Fsp3) is 0.360. The second-order valence-electron chi connectivity index (χ2n) is 9.42. The molecule has 3 aromatic rings. The highest BCUT2D eigenvalue weighted by Gasteiger charge is 2.64. The van der Waals surface area contributed by atoms with Gasteiger partial charge >= 0.3 is 6.18 Å². The van der Waals surface area contributed by atoms with Crippen molar-refractivity contribution in [1.82, 2.24) is 4.98 Å². The summed E-state index contributed by atoms with van der Waals surface area (Å²) < 4.78 is 46.2. The van der Waals surface area contributed by atoms with Crippen LogP contribution in [-0.4, -0.2) is 17.1 Å². The van der Waals surface area contributed by atoms with Crippen LogP contribution in [0.2, 0.25) is 0 Å². The van der Waals surface area contributed by atoms with Gasteiger partial charge in [-0.3, -0.25) is 0 Å². The molecular formula is C25H24F3N3O. The number of nitrogens with one attached hydrogen (secondary N) is 1. The molecule has 0 radical (unpaired) electrons. The average Bonchev–Trinajstić information content (AvgIpc) is 2.74. The van der Waals surface area contributed by atoms with Gasteiger partial charge in [-0.25, -0.2) is 4.98 Å². The number of pyridine rings is 1. The van der Waals surface area contributed by atoms with Gasteiger partial charge in [0, 0.05) is 28.5 Å². The minimum absolute atomic E-state index is 0.0289. The van der Waals surface area contributed by atoms with Gasteiger partial charge in [-0.15, -0.1) is 0 Å². The summed E-state index contributed by atoms with van der Waals surface area (Å²) in [6.07, 6.45) is -3.22. The number of nitriles is 1. The lowest BCUT2D eigenvalue weighted by Gasteiger charge is -2.63. The molecule has 0 atom stereocenters. The second-order valence-corrected chi connectivity index (χ2v) is 9.42. The zero-order valence-corrected chi connectivity index (χ0v) is 18.3. The van der Waals surface area contributed by atoms with Crippen LogP contribution in [-0.2, 0) is 6.18 Å². The first kappa shape index (κ1) is 21.9. The summed E-state index contributed by atoms with van der Waals surface area (Å²) in [4.78, 5) is 4.52. The number of hydrogen-bond acceptors (Lipinski definition) is 4. The molecule has 2 aromatic carbocycles. The normalized spacial score (nSPS) is 21.4. The van der Waals surface area contributed by atoms with E-state index in [2.05, 4.69) is 10.3 Å². The van der Waals surface area contributed by atoms with Gasteiger partial charge in [-0.05, 0) is 29.7 Å². The third kappa shape index (κ3) is 3.54. The van der Waals surface area contributed by atoms with Crippen LogP contribution in [0.15, 0.2) is 54.7 Å². The molecule has 7 heteroatoms. The van der Waals surface area contributed by atoms with E-state index in [0.717, 1.165) is 28.7 Å². The second kappa shape index (κ2) is 7.40. The van der Waals surface area contributed by atoms with Crippen molar-refractivity contribution in [2.24, 2.45) is 10.8 Å². The summed E-state index contributed by atoms with van der Waals surface area (Å²) in [6.45, 7) is 8.11. The van der Waals surface area contributed by atoms with E-state index in [1.54, 1.807) is 12.3 Å². The van der Waals surface area contributed by atoms with Gasteiger partial charge < -0.3 is 10.1 Å². The number of halogens is 3. The van der Waals surface area contributed by atoms with Gasteiger partial charge in [0.25, 0.3) is 0 Å². The van der Waals surface area contributed by atoms with E-state index >= 15 is 0 Å². The number of anilines is 1. The van der Waals surface area contributed by atoms with Crippen molar-refractivity contribution in [3.8, 4) is 11.8 Å². The maximum Gasteiger partial charge on any atom is 0.417 e. The van der Waals surface area contributed by atoms with E-state index in [1.807, 2.05) is 58.0 Å². The summed E-state index contributed by atoms with van der Waals surface area (Å²) in [5.41, 5.74) is -2.19. The fourth-order valence-corrected chi connectivity index (χ4v) is 5.24. The van der Waals surface area contributed by atoms with Crippen LogP contribution in [0.1, 0.15) is 38.8 Å². The number of aromatic nitrogens is 1. The third-order valence-corrected chi connectivity index (χ3v) is 6.47. The van der Waals surface area contributed by atoms with Crippen LogP contribution in [0.5, 0.6) is 5.75 Å². The molecule has 1 saturated carbocycles. The Kier molecular flexibility index (Phi) is 5.08. The molecule has 4 nitrogen and oxygen atoms in total. The van der Waals surface area contributed by atoms with Crippen molar-refractivity contribution in [3.63, 3.8) is 0 Å². The Bertz CT molecular complexity index is 1190. The Hall–Kier alpha value is -3.27. The monoisotopic (exact) mass is 439 g/mol. The minimum Gasteiger partial charge on any atom is -0.489 e. The Morgan fingerprint density at radius 3 is 2.38 bits per heavy atom. The standard InChI is InChI=1S/C25H24F3N3O/c1-23(2)21(31-20-18-8-6-5-7-15(18)11-12-30-20)24(3,4)22(23)32-17-10-9-16(14-29)19(13-17)25(26,27)28/h5-13,21-22H,1-4H3,(H,30,31). The summed E-state index contributed by atoms with van der Waals surface area (Å²) in [5.74, 6) is 0.870. The van der Waals surface area contributed by atoms with E-state index in [1.165, 1.54) is 6.07 Å². The van der Waals surface area contributed by atoms with Crippen molar-refractivity contribution in [1.29, 1.82) is 5.26 Å². The van der Waals surface area contributed by atoms with Crippen LogP contribution < -0.4 is 10.1 Å². The predicted molar refractivity (Wildman–Crippen MR) is 117 cm³/mol. The van der Waals surface area contributed by atoms with Crippen LogP contribution in [0.25, 0.3) is 10.8 Å². The molecule has 1 aliphatic rings. The molecule has 0 spiro atoms. The zero-order chi connectivity index (χ0) is 23.3. The van der Waals surface area contributed by atoms with Gasteiger partial charge in [0.15, 0.2) is 0 Å². The van der Waals surface area contributed by atoms with Crippen molar-refractivity contribution in [3.05, 3.63) is 65.9 Å². The molecule has 0 bridgehead atoms. The molecule has 0 unspecified atom stereocenters. The molecule has 0 amide bonds. The first-order valence-electron chi connectivity index (χ1n) is 10.3. The minimum atomic E-state index is -4.63. The van der Waals surface area contributed by atoms with Crippen LogP contribution in [0.3, 0.4) is 0 Å². The Morgan fingerprint density at radius 2 is 1.72 bits per heavy atom. The molecule has 1 heterocycles. The van der Waals surface area contributed by atoms with Crippen molar-refractivity contribution >= 4 is 16.6 Å². The van der Waals surface area contributed by atoms with Gasteiger partial charge in [0.1, 0.15) is 17.7 Å². The first-order valence-corrected chi connectivity index (χ1v) is 10.3. The number of ether oxygens (including phenoxy) is 1.